The van der Waals surface area contributed by atoms with E-state index in [4.69, 9.17) is 10.5 Å². The average molecular weight is 231 g/mol. The predicted octanol–water partition coefficient (Wildman–Crippen LogP) is 0.664. The lowest BCUT2D eigenvalue weighted by Gasteiger charge is -2.00. The zero-order chi connectivity index (χ0) is 12.7. The van der Waals surface area contributed by atoms with E-state index in [1.807, 2.05) is 6.07 Å². The smallest absolute Gasteiger partial charge is 0.350 e. The highest BCUT2D eigenvalue weighted by atomic mass is 16.5. The largest absolute Gasteiger partial charge is 0.462 e. The number of H-pyrrole nitrogens is 1. The summed E-state index contributed by atoms with van der Waals surface area (Å²) < 4.78 is 4.66. The maximum atomic E-state index is 11.2. The van der Waals surface area contributed by atoms with Gasteiger partial charge in [0.1, 0.15) is 23.5 Å². The van der Waals surface area contributed by atoms with Gasteiger partial charge in [-0.3, -0.25) is 5.10 Å². The molecule has 0 aromatic carbocycles. The fourth-order valence-corrected chi connectivity index (χ4v) is 0.971. The van der Waals surface area contributed by atoms with E-state index < -0.39 is 5.97 Å². The van der Waals surface area contributed by atoms with E-state index in [-0.39, 0.29) is 17.7 Å². The van der Waals surface area contributed by atoms with Gasteiger partial charge in [-0.2, -0.15) is 15.6 Å². The van der Waals surface area contributed by atoms with E-state index in [0.29, 0.717) is 5.82 Å². The Kier molecular flexibility index (Phi) is 4.28. The molecule has 0 radical (unpaired) electrons. The number of hydrogen-bond acceptors (Lipinski definition) is 6. The summed E-state index contributed by atoms with van der Waals surface area (Å²) in [5, 5.41) is 26.2. The molecule has 0 fully saturated rings. The minimum atomic E-state index is -0.722. The quantitative estimate of drug-likeness (QED) is 0.447. The summed E-state index contributed by atoms with van der Waals surface area (Å²) in [6.45, 7) is 1.83. The Morgan fingerprint density at radius 2 is 2.47 bits per heavy atom. The summed E-state index contributed by atoms with van der Waals surface area (Å²) in [5.74, 6) is -0.412. The van der Waals surface area contributed by atoms with Gasteiger partial charge in [0.25, 0.3) is 0 Å². The van der Waals surface area contributed by atoms with Gasteiger partial charge >= 0.3 is 5.97 Å². The van der Waals surface area contributed by atoms with Gasteiger partial charge in [0, 0.05) is 6.20 Å². The molecule has 1 rings (SSSR count). The zero-order valence-corrected chi connectivity index (χ0v) is 9.02. The van der Waals surface area contributed by atoms with Gasteiger partial charge < -0.3 is 10.1 Å². The summed E-state index contributed by atoms with van der Waals surface area (Å²) in [6.07, 6.45) is 2.49. The van der Waals surface area contributed by atoms with Gasteiger partial charge in [-0.05, 0) is 6.92 Å². The number of ether oxygens (including phenoxy) is 1. The normalized spacial score (nSPS) is 10.2. The first-order valence-corrected chi connectivity index (χ1v) is 4.70. The van der Waals surface area contributed by atoms with Crippen molar-refractivity contribution in [2.45, 2.75) is 6.92 Å². The molecule has 0 atom stereocenters. The van der Waals surface area contributed by atoms with Gasteiger partial charge in [0.05, 0.1) is 12.8 Å². The molecule has 1 aromatic rings. The molecule has 0 aliphatic heterocycles. The Hall–Kier alpha value is -2.80. The predicted molar refractivity (Wildman–Crippen MR) is 57.3 cm³/mol. The number of esters is 1. The average Bonchev–Trinajstić information content (AvgIpc) is 2.77. The molecule has 0 saturated carbocycles. The lowest BCUT2D eigenvalue weighted by atomic mass is 10.3. The maximum absolute atomic E-state index is 11.2. The third-order valence-corrected chi connectivity index (χ3v) is 1.74. The second kappa shape index (κ2) is 5.93. The Labute approximate surface area is 97.3 Å². The molecule has 0 unspecified atom stereocenters. The van der Waals surface area contributed by atoms with Crippen LogP contribution in [0.2, 0.25) is 0 Å². The Morgan fingerprint density at radius 1 is 1.71 bits per heavy atom. The molecule has 0 aliphatic rings. The summed E-state index contributed by atoms with van der Waals surface area (Å²) in [5.41, 5.74) is 0.0905. The van der Waals surface area contributed by atoms with E-state index in [1.165, 1.54) is 6.20 Å². The fourth-order valence-electron chi connectivity index (χ4n) is 0.971. The number of rotatable bonds is 4. The molecule has 0 spiro atoms. The first kappa shape index (κ1) is 12.3. The van der Waals surface area contributed by atoms with E-state index >= 15 is 0 Å². The van der Waals surface area contributed by atoms with E-state index in [1.54, 1.807) is 13.0 Å². The Bertz CT molecular complexity index is 518. The van der Waals surface area contributed by atoms with Crippen LogP contribution in [0.5, 0.6) is 0 Å². The van der Waals surface area contributed by atoms with Crippen LogP contribution >= 0.6 is 0 Å². The van der Waals surface area contributed by atoms with Crippen molar-refractivity contribution in [1.29, 1.82) is 10.5 Å². The summed E-state index contributed by atoms with van der Waals surface area (Å²) in [4.78, 5) is 11.2. The molecule has 7 nitrogen and oxygen atoms in total. The lowest BCUT2D eigenvalue weighted by Crippen LogP contribution is -2.08. The molecule has 0 amide bonds. The SMILES string of the molecule is CCOC(=O)C(C#N)=CNc1[nH]ncc1C#N. The zero-order valence-electron chi connectivity index (χ0n) is 9.02. The molecular formula is C10H9N5O2. The monoisotopic (exact) mass is 231 g/mol. The van der Waals surface area contributed by atoms with Crippen LogP contribution < -0.4 is 5.32 Å². The first-order valence-electron chi connectivity index (χ1n) is 4.70. The van der Waals surface area contributed by atoms with Crippen molar-refractivity contribution in [3.63, 3.8) is 0 Å². The molecular weight excluding hydrogens is 222 g/mol. The highest BCUT2D eigenvalue weighted by molar-refractivity contribution is 5.93. The number of aromatic nitrogens is 2. The number of carbonyl (C=O) groups is 1. The van der Waals surface area contributed by atoms with Crippen molar-refractivity contribution < 1.29 is 9.53 Å². The van der Waals surface area contributed by atoms with Gasteiger partial charge in [0.15, 0.2) is 5.57 Å². The van der Waals surface area contributed by atoms with Gasteiger partial charge in [-0.15, -0.1) is 0 Å². The molecule has 0 bridgehead atoms. The number of nitrogens with zero attached hydrogens (tertiary/aromatic N) is 3. The van der Waals surface area contributed by atoms with E-state index in [0.717, 1.165) is 6.20 Å². The number of aromatic amines is 1. The fraction of sp³-hybridized carbons (Fsp3) is 0.200. The summed E-state index contributed by atoms with van der Waals surface area (Å²) >= 11 is 0. The van der Waals surface area contributed by atoms with Crippen LogP contribution in [-0.4, -0.2) is 22.8 Å². The van der Waals surface area contributed by atoms with Crippen molar-refractivity contribution in [3.05, 3.63) is 23.5 Å². The summed E-state index contributed by atoms with van der Waals surface area (Å²) in [6, 6.07) is 3.58. The van der Waals surface area contributed by atoms with Crippen LogP contribution in [-0.2, 0) is 9.53 Å². The van der Waals surface area contributed by atoms with Crippen molar-refractivity contribution in [2.75, 3.05) is 11.9 Å². The molecule has 86 valence electrons. The van der Waals surface area contributed by atoms with Gasteiger partial charge in [0.2, 0.25) is 0 Å². The third kappa shape index (κ3) is 3.08. The maximum Gasteiger partial charge on any atom is 0.350 e. The highest BCUT2D eigenvalue weighted by Crippen LogP contribution is 2.09. The molecule has 1 aromatic heterocycles. The molecule has 0 saturated heterocycles. The minimum absolute atomic E-state index is 0.186. The van der Waals surface area contributed by atoms with Crippen molar-refractivity contribution in [2.24, 2.45) is 0 Å². The lowest BCUT2D eigenvalue weighted by molar-refractivity contribution is -0.138. The molecule has 0 aliphatic carbocycles. The highest BCUT2D eigenvalue weighted by Gasteiger charge is 2.10. The third-order valence-electron chi connectivity index (χ3n) is 1.74. The van der Waals surface area contributed by atoms with E-state index in [9.17, 15) is 4.79 Å². The van der Waals surface area contributed by atoms with Crippen molar-refractivity contribution in [3.8, 4) is 12.1 Å². The number of anilines is 1. The number of nitrogens with one attached hydrogen (secondary N) is 2. The van der Waals surface area contributed by atoms with Crippen molar-refractivity contribution in [1.82, 2.24) is 10.2 Å². The van der Waals surface area contributed by atoms with E-state index in [2.05, 4.69) is 20.3 Å². The van der Waals surface area contributed by atoms with Crippen LogP contribution in [0.4, 0.5) is 5.82 Å². The second-order valence-corrected chi connectivity index (χ2v) is 2.81. The molecule has 7 heteroatoms. The van der Waals surface area contributed by atoms with Crippen LogP contribution in [0.1, 0.15) is 12.5 Å². The molecule has 2 N–H and O–H groups in total. The number of hydrogen-bond donors (Lipinski definition) is 2. The van der Waals surface area contributed by atoms with Crippen LogP contribution in [0.3, 0.4) is 0 Å². The molecule has 1 heterocycles. The first-order chi connectivity index (χ1) is 8.22. The summed E-state index contributed by atoms with van der Waals surface area (Å²) in [7, 11) is 0. The van der Waals surface area contributed by atoms with Gasteiger partial charge in [-0.25, -0.2) is 4.79 Å². The standard InChI is InChI=1S/C10H9N5O2/c1-2-17-10(16)8(4-12)5-13-9-7(3-11)6-14-15-9/h5-6H,2H2,1H3,(H2,13,14,15). The van der Waals surface area contributed by atoms with Gasteiger partial charge in [-0.1, -0.05) is 0 Å². The topological polar surface area (TPSA) is 115 Å². The minimum Gasteiger partial charge on any atom is -0.462 e. The molecule has 17 heavy (non-hydrogen) atoms. The van der Waals surface area contributed by atoms with Crippen LogP contribution in [0.15, 0.2) is 18.0 Å². The Morgan fingerprint density at radius 3 is 3.06 bits per heavy atom. The number of nitriles is 2. The Balaban J connectivity index is 2.79. The van der Waals surface area contributed by atoms with Crippen LogP contribution in [0, 0.1) is 22.7 Å². The number of carbonyl (C=O) groups excluding carboxylic acids is 1. The van der Waals surface area contributed by atoms with Crippen molar-refractivity contribution >= 4 is 11.8 Å². The second-order valence-electron chi connectivity index (χ2n) is 2.81. The van der Waals surface area contributed by atoms with Crippen LogP contribution in [0.25, 0.3) is 0 Å².